The second-order valence-corrected chi connectivity index (χ2v) is 7.03. The first-order valence-electron chi connectivity index (χ1n) is 8.51. The minimum absolute atomic E-state index is 0. The van der Waals surface area contributed by atoms with E-state index in [2.05, 4.69) is 10.6 Å². The highest BCUT2D eigenvalue weighted by Crippen LogP contribution is 2.33. The molecule has 2 bridgehead atoms. The topological polar surface area (TPSA) is 50.4 Å². The van der Waals surface area contributed by atoms with E-state index in [0.29, 0.717) is 35.9 Å². The Morgan fingerprint density at radius 1 is 1.33 bits per heavy atom. The summed E-state index contributed by atoms with van der Waals surface area (Å²) in [6, 6.07) is 5.37. The molecule has 3 rings (SSSR count). The maximum absolute atomic E-state index is 13.5. The van der Waals surface area contributed by atoms with E-state index >= 15 is 0 Å². The SMILES string of the molecule is CC(C)Oc1ccc(F)cc1NC(=O)CC1CC2CCC(C1)N2.Cl. The molecule has 134 valence electrons. The number of ether oxygens (including phenoxy) is 1. The fraction of sp³-hybridized carbons (Fsp3) is 0.611. The second-order valence-electron chi connectivity index (χ2n) is 7.03. The first kappa shape index (κ1) is 19.0. The number of rotatable bonds is 5. The molecule has 2 saturated heterocycles. The van der Waals surface area contributed by atoms with Gasteiger partial charge >= 0.3 is 0 Å². The highest BCUT2D eigenvalue weighted by atomic mass is 35.5. The molecule has 0 aromatic heterocycles. The third-order valence-electron chi connectivity index (χ3n) is 4.62. The first-order chi connectivity index (χ1) is 11.0. The molecule has 1 aromatic rings. The van der Waals surface area contributed by atoms with Crippen LogP contribution in [0.4, 0.5) is 10.1 Å². The van der Waals surface area contributed by atoms with Crippen LogP contribution in [0.2, 0.25) is 0 Å². The predicted octanol–water partition coefficient (Wildman–Crippen LogP) is 3.89. The molecule has 2 atom stereocenters. The average molecular weight is 357 g/mol. The smallest absolute Gasteiger partial charge is 0.224 e. The highest BCUT2D eigenvalue weighted by Gasteiger charge is 2.34. The van der Waals surface area contributed by atoms with E-state index in [9.17, 15) is 9.18 Å². The van der Waals surface area contributed by atoms with Crippen LogP contribution in [0.3, 0.4) is 0 Å². The van der Waals surface area contributed by atoms with E-state index in [-0.39, 0.29) is 30.2 Å². The van der Waals surface area contributed by atoms with Gasteiger partial charge in [0, 0.05) is 24.6 Å². The van der Waals surface area contributed by atoms with Gasteiger partial charge in [-0.15, -0.1) is 12.4 Å². The Kier molecular flexibility index (Phi) is 6.47. The number of nitrogens with one attached hydrogen (secondary N) is 2. The van der Waals surface area contributed by atoms with Crippen molar-refractivity contribution in [3.05, 3.63) is 24.0 Å². The Bertz CT molecular complexity index is 570. The molecule has 2 N–H and O–H groups in total. The lowest BCUT2D eigenvalue weighted by Crippen LogP contribution is -2.39. The number of amides is 1. The zero-order valence-corrected chi connectivity index (χ0v) is 15.0. The van der Waals surface area contributed by atoms with Gasteiger partial charge in [0.15, 0.2) is 0 Å². The van der Waals surface area contributed by atoms with Crippen molar-refractivity contribution in [2.24, 2.45) is 5.92 Å². The molecule has 2 aliphatic rings. The Balaban J connectivity index is 0.00000208. The molecule has 0 radical (unpaired) electrons. The quantitative estimate of drug-likeness (QED) is 0.841. The van der Waals surface area contributed by atoms with Crippen molar-refractivity contribution in [1.29, 1.82) is 0 Å². The van der Waals surface area contributed by atoms with Crippen LogP contribution < -0.4 is 15.4 Å². The lowest BCUT2D eigenvalue weighted by atomic mass is 9.89. The molecule has 0 saturated carbocycles. The molecule has 1 aromatic carbocycles. The lowest BCUT2D eigenvalue weighted by Gasteiger charge is -2.28. The zero-order valence-electron chi connectivity index (χ0n) is 14.2. The summed E-state index contributed by atoms with van der Waals surface area (Å²) in [7, 11) is 0. The van der Waals surface area contributed by atoms with Crippen LogP contribution in [0.5, 0.6) is 5.75 Å². The van der Waals surface area contributed by atoms with E-state index in [0.717, 1.165) is 12.8 Å². The van der Waals surface area contributed by atoms with Gasteiger partial charge in [0.05, 0.1) is 11.8 Å². The molecule has 2 aliphatic heterocycles. The standard InChI is InChI=1S/C18H25FN2O2.ClH/c1-11(2)23-17-6-3-13(19)10-16(17)21-18(22)9-12-7-14-4-5-15(8-12)20-14;/h3,6,10-12,14-15,20H,4-5,7-9H2,1-2H3,(H,21,22);1H. The monoisotopic (exact) mass is 356 g/mol. The minimum atomic E-state index is -0.378. The molecule has 0 spiro atoms. The van der Waals surface area contributed by atoms with Gasteiger partial charge in [0.1, 0.15) is 11.6 Å². The Labute approximate surface area is 148 Å². The number of halogens is 2. The molecule has 0 aliphatic carbocycles. The van der Waals surface area contributed by atoms with E-state index in [1.165, 1.54) is 25.0 Å². The molecule has 1 amide bonds. The van der Waals surface area contributed by atoms with E-state index < -0.39 is 0 Å². The van der Waals surface area contributed by atoms with Gasteiger partial charge in [-0.05, 0) is 57.6 Å². The van der Waals surface area contributed by atoms with E-state index in [1.54, 1.807) is 6.07 Å². The van der Waals surface area contributed by atoms with Crippen molar-refractivity contribution in [1.82, 2.24) is 5.32 Å². The van der Waals surface area contributed by atoms with Crippen molar-refractivity contribution >= 4 is 24.0 Å². The predicted molar refractivity (Wildman–Crippen MR) is 95.3 cm³/mol. The fourth-order valence-electron chi connectivity index (χ4n) is 3.76. The molecule has 2 fully saturated rings. The Hall–Kier alpha value is -1.33. The summed E-state index contributed by atoms with van der Waals surface area (Å²) in [5.41, 5.74) is 0.417. The molecule has 2 heterocycles. The van der Waals surface area contributed by atoms with Crippen molar-refractivity contribution in [3.63, 3.8) is 0 Å². The van der Waals surface area contributed by atoms with Crippen LogP contribution in [-0.2, 0) is 4.79 Å². The number of carbonyl (C=O) groups is 1. The van der Waals surface area contributed by atoms with Crippen LogP contribution in [0, 0.1) is 11.7 Å². The van der Waals surface area contributed by atoms with Crippen molar-refractivity contribution in [2.75, 3.05) is 5.32 Å². The summed E-state index contributed by atoms with van der Waals surface area (Å²) >= 11 is 0. The first-order valence-corrected chi connectivity index (χ1v) is 8.51. The number of benzene rings is 1. The Morgan fingerprint density at radius 3 is 2.62 bits per heavy atom. The number of carbonyl (C=O) groups excluding carboxylic acids is 1. The van der Waals surface area contributed by atoms with Crippen LogP contribution in [-0.4, -0.2) is 24.1 Å². The number of fused-ring (bicyclic) bond motifs is 2. The fourth-order valence-corrected chi connectivity index (χ4v) is 3.76. The van der Waals surface area contributed by atoms with E-state index in [1.807, 2.05) is 13.8 Å². The van der Waals surface area contributed by atoms with Crippen molar-refractivity contribution < 1.29 is 13.9 Å². The molecular weight excluding hydrogens is 331 g/mol. The second kappa shape index (κ2) is 8.17. The lowest BCUT2D eigenvalue weighted by molar-refractivity contribution is -0.117. The highest BCUT2D eigenvalue weighted by molar-refractivity contribution is 5.92. The largest absolute Gasteiger partial charge is 0.489 e. The van der Waals surface area contributed by atoms with Crippen molar-refractivity contribution in [3.8, 4) is 5.75 Å². The van der Waals surface area contributed by atoms with Crippen LogP contribution in [0.25, 0.3) is 0 Å². The molecule has 4 nitrogen and oxygen atoms in total. The summed E-state index contributed by atoms with van der Waals surface area (Å²) in [5, 5.41) is 6.41. The molecule has 2 unspecified atom stereocenters. The number of piperidine rings is 1. The summed E-state index contributed by atoms with van der Waals surface area (Å²) in [5.74, 6) is 0.490. The van der Waals surface area contributed by atoms with Gasteiger partial charge in [0.25, 0.3) is 0 Å². The maximum Gasteiger partial charge on any atom is 0.224 e. The maximum atomic E-state index is 13.5. The number of hydrogen-bond donors (Lipinski definition) is 2. The Morgan fingerprint density at radius 2 is 2.00 bits per heavy atom. The summed E-state index contributed by atoms with van der Waals surface area (Å²) in [4.78, 5) is 12.4. The minimum Gasteiger partial charge on any atom is -0.489 e. The molecule has 24 heavy (non-hydrogen) atoms. The summed E-state index contributed by atoms with van der Waals surface area (Å²) < 4.78 is 19.1. The van der Waals surface area contributed by atoms with E-state index in [4.69, 9.17) is 4.74 Å². The van der Waals surface area contributed by atoms with Gasteiger partial charge in [-0.2, -0.15) is 0 Å². The summed E-state index contributed by atoms with van der Waals surface area (Å²) in [6.45, 7) is 3.81. The third kappa shape index (κ3) is 4.84. The zero-order chi connectivity index (χ0) is 16.4. The van der Waals surface area contributed by atoms with Gasteiger partial charge < -0.3 is 15.4 Å². The van der Waals surface area contributed by atoms with Crippen LogP contribution in [0.15, 0.2) is 18.2 Å². The molecule has 6 heteroatoms. The number of hydrogen-bond acceptors (Lipinski definition) is 3. The van der Waals surface area contributed by atoms with Gasteiger partial charge in [0.2, 0.25) is 5.91 Å². The van der Waals surface area contributed by atoms with Gasteiger partial charge in [-0.25, -0.2) is 4.39 Å². The van der Waals surface area contributed by atoms with Crippen LogP contribution >= 0.6 is 12.4 Å². The molecular formula is C18H26ClFN2O2. The van der Waals surface area contributed by atoms with Gasteiger partial charge in [-0.3, -0.25) is 4.79 Å². The number of anilines is 1. The van der Waals surface area contributed by atoms with Crippen LogP contribution in [0.1, 0.15) is 46.0 Å². The third-order valence-corrected chi connectivity index (χ3v) is 4.62. The normalized spacial score (nSPS) is 25.2. The average Bonchev–Trinajstić information content (AvgIpc) is 2.80. The summed E-state index contributed by atoms with van der Waals surface area (Å²) in [6.07, 6.45) is 5.02. The van der Waals surface area contributed by atoms with Crippen molar-refractivity contribution in [2.45, 2.75) is 64.1 Å². The van der Waals surface area contributed by atoms with Gasteiger partial charge in [-0.1, -0.05) is 0 Å².